The molecule has 0 heterocycles. The lowest BCUT2D eigenvalue weighted by molar-refractivity contribution is -0.138. The SMILES string of the molecule is CC12CC3CC1CC1(C=CC(=O)[C@@](C)(CCC(=O)Nc4c(O)ccc(C(=O)O)c4O)C31)C2. The number of nitrogens with one attached hydrogen (secondary N) is 1. The lowest BCUT2D eigenvalue weighted by Crippen LogP contribution is -2.53. The van der Waals surface area contributed by atoms with Crippen LogP contribution in [0.4, 0.5) is 5.69 Å². The highest BCUT2D eigenvalue weighted by Gasteiger charge is 2.70. The number of amides is 1. The Kier molecular flexibility index (Phi) is 4.33. The van der Waals surface area contributed by atoms with Gasteiger partial charge in [0.1, 0.15) is 17.0 Å². The number of anilines is 1. The summed E-state index contributed by atoms with van der Waals surface area (Å²) in [7, 11) is 0. The van der Waals surface area contributed by atoms with Crippen LogP contribution in [-0.2, 0) is 9.59 Å². The van der Waals surface area contributed by atoms with E-state index < -0.39 is 34.4 Å². The molecule has 32 heavy (non-hydrogen) atoms. The first-order valence-corrected chi connectivity index (χ1v) is 11.3. The number of carbonyl (C=O) groups excluding carboxylic acids is 2. The van der Waals surface area contributed by atoms with E-state index in [0.29, 0.717) is 17.8 Å². The van der Waals surface area contributed by atoms with Crippen molar-refractivity contribution in [2.45, 2.75) is 52.4 Å². The van der Waals surface area contributed by atoms with Crippen LogP contribution < -0.4 is 5.32 Å². The van der Waals surface area contributed by atoms with Crippen LogP contribution in [0.25, 0.3) is 0 Å². The van der Waals surface area contributed by atoms with E-state index in [0.717, 1.165) is 43.7 Å². The number of ketones is 1. The molecule has 5 aliphatic rings. The van der Waals surface area contributed by atoms with Crippen LogP contribution in [0.2, 0.25) is 0 Å². The zero-order chi connectivity index (χ0) is 23.1. The number of phenols is 2. The summed E-state index contributed by atoms with van der Waals surface area (Å²) in [4.78, 5) is 37.1. The van der Waals surface area contributed by atoms with E-state index in [4.69, 9.17) is 5.11 Å². The lowest BCUT2D eigenvalue weighted by atomic mass is 9.47. The highest BCUT2D eigenvalue weighted by molar-refractivity contribution is 6.00. The van der Waals surface area contributed by atoms with E-state index in [1.54, 1.807) is 6.08 Å². The van der Waals surface area contributed by atoms with Crippen molar-refractivity contribution in [1.29, 1.82) is 0 Å². The Morgan fingerprint density at radius 3 is 2.62 bits per heavy atom. The monoisotopic (exact) mass is 439 g/mol. The number of carboxylic acids is 1. The Bertz CT molecular complexity index is 1080. The van der Waals surface area contributed by atoms with Gasteiger partial charge in [-0.25, -0.2) is 4.79 Å². The number of hydrogen-bond donors (Lipinski definition) is 4. The molecule has 1 aromatic rings. The summed E-state index contributed by atoms with van der Waals surface area (Å²) in [6.07, 6.45) is 8.85. The molecule has 0 aliphatic heterocycles. The summed E-state index contributed by atoms with van der Waals surface area (Å²) in [6.45, 7) is 4.38. The number of benzene rings is 1. The molecule has 1 aromatic carbocycles. The van der Waals surface area contributed by atoms with Gasteiger partial charge in [0, 0.05) is 11.8 Å². The van der Waals surface area contributed by atoms with Crippen molar-refractivity contribution in [3.63, 3.8) is 0 Å². The largest absolute Gasteiger partial charge is 0.506 e. The van der Waals surface area contributed by atoms with Crippen molar-refractivity contribution in [1.82, 2.24) is 0 Å². The normalized spacial score (nSPS) is 38.7. The molecule has 5 unspecified atom stereocenters. The molecule has 6 atom stereocenters. The van der Waals surface area contributed by atoms with Gasteiger partial charge in [0.05, 0.1) is 0 Å². The van der Waals surface area contributed by atoms with Crippen LogP contribution in [-0.4, -0.2) is 33.0 Å². The molecule has 1 spiro atoms. The summed E-state index contributed by atoms with van der Waals surface area (Å²) in [6, 6.07) is 2.19. The molecule has 1 amide bonds. The van der Waals surface area contributed by atoms with Crippen LogP contribution in [0.15, 0.2) is 24.3 Å². The van der Waals surface area contributed by atoms with Gasteiger partial charge >= 0.3 is 5.97 Å². The van der Waals surface area contributed by atoms with Crippen LogP contribution in [0, 0.1) is 34.0 Å². The molecule has 6 rings (SSSR count). The Morgan fingerprint density at radius 2 is 1.94 bits per heavy atom. The van der Waals surface area contributed by atoms with E-state index in [2.05, 4.69) is 18.3 Å². The quantitative estimate of drug-likeness (QED) is 0.512. The van der Waals surface area contributed by atoms with Crippen molar-refractivity contribution in [2.75, 3.05) is 5.32 Å². The number of allylic oxidation sites excluding steroid dienone is 2. The minimum Gasteiger partial charge on any atom is -0.506 e. The molecule has 4 N–H and O–H groups in total. The third-order valence-corrected chi connectivity index (χ3v) is 9.09. The lowest BCUT2D eigenvalue weighted by Gasteiger charge is -2.55. The second kappa shape index (κ2) is 6.59. The maximum atomic E-state index is 13.1. The zero-order valence-corrected chi connectivity index (χ0v) is 18.4. The molecular formula is C25H29NO6. The maximum absolute atomic E-state index is 13.1. The number of hydrogen-bond acceptors (Lipinski definition) is 5. The first-order chi connectivity index (χ1) is 15.0. The minimum absolute atomic E-state index is 0.0340. The zero-order valence-electron chi connectivity index (χ0n) is 18.4. The van der Waals surface area contributed by atoms with Crippen LogP contribution in [0.1, 0.15) is 62.7 Å². The standard InChI is InChI=1S/C25H29NO6/c1-23-10-13-9-14(23)11-25(12-23)8-5-17(28)24(2,21(13)25)7-6-18(29)26-19-16(27)4-3-15(20(19)30)22(31)32/h3-5,8,13-14,21,27,30H,6-7,9-12H2,1-2H3,(H,26,29)(H,31,32)/t13?,14?,21?,23?,24-,25?/m1/s1. The van der Waals surface area contributed by atoms with Crippen molar-refractivity contribution >= 4 is 23.3 Å². The van der Waals surface area contributed by atoms with E-state index in [1.807, 2.05) is 6.92 Å². The summed E-state index contributed by atoms with van der Waals surface area (Å²) >= 11 is 0. The summed E-state index contributed by atoms with van der Waals surface area (Å²) < 4.78 is 0. The molecule has 0 radical (unpaired) electrons. The van der Waals surface area contributed by atoms with E-state index >= 15 is 0 Å². The first-order valence-electron chi connectivity index (χ1n) is 11.3. The average Bonchev–Trinajstić information content (AvgIpc) is 3.08. The van der Waals surface area contributed by atoms with Crippen LogP contribution in [0.3, 0.4) is 0 Å². The summed E-state index contributed by atoms with van der Waals surface area (Å²) in [5.74, 6) is -1.44. The van der Waals surface area contributed by atoms with Gasteiger partial charge in [-0.2, -0.15) is 0 Å². The molecule has 7 nitrogen and oxygen atoms in total. The Hall–Kier alpha value is -2.83. The fraction of sp³-hybridized carbons (Fsp3) is 0.560. The molecule has 4 saturated carbocycles. The van der Waals surface area contributed by atoms with E-state index in [9.17, 15) is 24.6 Å². The molecule has 5 aliphatic carbocycles. The molecule has 7 heteroatoms. The molecule has 4 fully saturated rings. The highest BCUT2D eigenvalue weighted by atomic mass is 16.4. The third kappa shape index (κ3) is 2.76. The van der Waals surface area contributed by atoms with Crippen molar-refractivity contribution in [2.24, 2.45) is 34.0 Å². The van der Waals surface area contributed by atoms with Gasteiger partial charge in [0.2, 0.25) is 5.91 Å². The number of aromatic hydroxyl groups is 2. The number of rotatable bonds is 5. The van der Waals surface area contributed by atoms with Crippen molar-refractivity contribution < 1.29 is 29.7 Å². The number of aromatic carboxylic acids is 1. The van der Waals surface area contributed by atoms with Gasteiger partial charge in [-0.05, 0) is 78.9 Å². The number of phenolic OH excluding ortho intramolecular Hbond substituents is 1. The average molecular weight is 440 g/mol. The summed E-state index contributed by atoms with van der Waals surface area (Å²) in [5.41, 5.74) is -0.955. The summed E-state index contributed by atoms with van der Waals surface area (Å²) in [5, 5.41) is 31.8. The van der Waals surface area contributed by atoms with Crippen molar-refractivity contribution in [3.8, 4) is 11.5 Å². The maximum Gasteiger partial charge on any atom is 0.339 e. The van der Waals surface area contributed by atoms with Crippen LogP contribution in [0.5, 0.6) is 11.5 Å². The Labute approximate surface area is 186 Å². The molecule has 0 aromatic heterocycles. The van der Waals surface area contributed by atoms with Crippen LogP contribution >= 0.6 is 0 Å². The number of carboxylic acid groups (broad SMARTS) is 1. The fourth-order valence-corrected chi connectivity index (χ4v) is 7.99. The highest BCUT2D eigenvalue weighted by Crippen LogP contribution is 2.76. The predicted octanol–water partition coefficient (Wildman–Crippen LogP) is 4.10. The van der Waals surface area contributed by atoms with Crippen molar-refractivity contribution in [3.05, 3.63) is 29.8 Å². The Morgan fingerprint density at radius 1 is 1.19 bits per heavy atom. The first kappa shape index (κ1) is 21.0. The molecule has 170 valence electrons. The molecular weight excluding hydrogens is 410 g/mol. The molecule has 0 saturated heterocycles. The number of carbonyl (C=O) groups is 3. The minimum atomic E-state index is -1.37. The van der Waals surface area contributed by atoms with Gasteiger partial charge in [0.15, 0.2) is 11.5 Å². The van der Waals surface area contributed by atoms with Gasteiger partial charge in [-0.1, -0.05) is 19.9 Å². The predicted molar refractivity (Wildman–Crippen MR) is 116 cm³/mol. The van der Waals surface area contributed by atoms with Gasteiger partial charge in [-0.3, -0.25) is 9.59 Å². The van der Waals surface area contributed by atoms with E-state index in [1.165, 1.54) is 0 Å². The van der Waals surface area contributed by atoms with Gasteiger partial charge < -0.3 is 20.6 Å². The second-order valence-electron chi connectivity index (χ2n) is 11.0. The second-order valence-corrected chi connectivity index (χ2v) is 11.0. The Balaban J connectivity index is 1.36. The van der Waals surface area contributed by atoms with E-state index in [-0.39, 0.29) is 29.2 Å². The third-order valence-electron chi connectivity index (χ3n) is 9.09. The smallest absolute Gasteiger partial charge is 0.339 e. The molecule has 4 bridgehead atoms. The fourth-order valence-electron chi connectivity index (χ4n) is 7.99. The van der Waals surface area contributed by atoms with Gasteiger partial charge in [0.25, 0.3) is 0 Å². The van der Waals surface area contributed by atoms with Gasteiger partial charge in [-0.15, -0.1) is 0 Å². The topological polar surface area (TPSA) is 124 Å².